The van der Waals surface area contributed by atoms with Crippen molar-refractivity contribution in [2.75, 3.05) is 19.6 Å². The van der Waals surface area contributed by atoms with Gasteiger partial charge in [0, 0.05) is 18.6 Å². The molecular formula is C15H26N2. The second-order valence-corrected chi connectivity index (χ2v) is 6.91. The fourth-order valence-corrected chi connectivity index (χ4v) is 3.92. The third kappa shape index (κ3) is 2.39. The fraction of sp³-hybridized carbons (Fsp3) is 1.00. The molecule has 2 nitrogen and oxygen atoms in total. The van der Waals surface area contributed by atoms with Crippen LogP contribution in [0.2, 0.25) is 0 Å². The molecule has 4 aliphatic rings. The van der Waals surface area contributed by atoms with Crippen molar-refractivity contribution in [3.63, 3.8) is 0 Å². The molecule has 1 atom stereocenters. The van der Waals surface area contributed by atoms with Crippen molar-refractivity contribution in [1.82, 2.24) is 10.2 Å². The van der Waals surface area contributed by atoms with E-state index in [1.165, 1.54) is 64.6 Å². The summed E-state index contributed by atoms with van der Waals surface area (Å²) in [5, 5.41) is 3.81. The second-order valence-electron chi connectivity index (χ2n) is 6.91. The van der Waals surface area contributed by atoms with Gasteiger partial charge in [-0.05, 0) is 75.8 Å². The van der Waals surface area contributed by atoms with Gasteiger partial charge in [0.2, 0.25) is 0 Å². The van der Waals surface area contributed by atoms with Crippen LogP contribution in [0.15, 0.2) is 0 Å². The van der Waals surface area contributed by atoms with Crippen LogP contribution in [0.1, 0.15) is 44.9 Å². The van der Waals surface area contributed by atoms with Crippen LogP contribution in [0, 0.1) is 17.8 Å². The molecule has 4 rings (SSSR count). The minimum atomic E-state index is 0.831. The number of nitrogens with zero attached hydrogens (tertiary/aromatic N) is 1. The first-order valence-corrected chi connectivity index (χ1v) is 7.89. The molecule has 0 bridgehead atoms. The van der Waals surface area contributed by atoms with Gasteiger partial charge in [-0.25, -0.2) is 0 Å². The maximum Gasteiger partial charge on any atom is 0.0223 e. The highest BCUT2D eigenvalue weighted by Crippen LogP contribution is 2.47. The Balaban J connectivity index is 1.45. The van der Waals surface area contributed by atoms with Crippen LogP contribution in [-0.4, -0.2) is 36.6 Å². The fourth-order valence-electron chi connectivity index (χ4n) is 3.92. The third-order valence-electron chi connectivity index (χ3n) is 5.28. The lowest BCUT2D eigenvalue weighted by atomic mass is 10.0. The van der Waals surface area contributed by atoms with Gasteiger partial charge in [-0.1, -0.05) is 0 Å². The summed E-state index contributed by atoms with van der Waals surface area (Å²) in [7, 11) is 0. The SMILES string of the molecule is C1CNC(C2CC2)CN(C(C2CC2)C2CC2)C1. The lowest BCUT2D eigenvalue weighted by molar-refractivity contribution is 0.149. The van der Waals surface area contributed by atoms with Crippen LogP contribution >= 0.6 is 0 Å². The highest BCUT2D eigenvalue weighted by Gasteiger charge is 2.46. The van der Waals surface area contributed by atoms with Gasteiger partial charge in [-0.15, -0.1) is 0 Å². The summed E-state index contributed by atoms with van der Waals surface area (Å²) in [6.07, 6.45) is 10.5. The Hall–Kier alpha value is -0.0800. The molecule has 1 N–H and O–H groups in total. The summed E-state index contributed by atoms with van der Waals surface area (Å²) in [6, 6.07) is 1.81. The maximum absolute atomic E-state index is 3.81. The maximum atomic E-state index is 3.81. The summed E-state index contributed by atoms with van der Waals surface area (Å²) in [5.41, 5.74) is 0. The topological polar surface area (TPSA) is 15.3 Å². The minimum Gasteiger partial charge on any atom is -0.312 e. The van der Waals surface area contributed by atoms with Gasteiger partial charge in [0.1, 0.15) is 0 Å². The molecule has 1 aliphatic heterocycles. The first-order chi connectivity index (χ1) is 8.42. The Morgan fingerprint density at radius 2 is 1.65 bits per heavy atom. The normalized spacial score (nSPS) is 36.2. The summed E-state index contributed by atoms with van der Waals surface area (Å²) >= 11 is 0. The molecule has 0 radical (unpaired) electrons. The van der Waals surface area contributed by atoms with E-state index in [1.54, 1.807) is 0 Å². The molecule has 1 saturated heterocycles. The average Bonchev–Trinajstić information content (AvgIpc) is 3.15. The smallest absolute Gasteiger partial charge is 0.0223 e. The Bertz CT molecular complexity index is 267. The van der Waals surface area contributed by atoms with E-state index in [1.807, 2.05) is 0 Å². The molecule has 1 heterocycles. The molecule has 0 amide bonds. The van der Waals surface area contributed by atoms with Crippen molar-refractivity contribution in [1.29, 1.82) is 0 Å². The van der Waals surface area contributed by atoms with Crippen LogP contribution < -0.4 is 5.32 Å². The van der Waals surface area contributed by atoms with Crippen molar-refractivity contribution in [2.24, 2.45) is 17.8 Å². The molecule has 17 heavy (non-hydrogen) atoms. The number of rotatable bonds is 4. The number of hydrogen-bond donors (Lipinski definition) is 1. The van der Waals surface area contributed by atoms with E-state index in [2.05, 4.69) is 10.2 Å². The van der Waals surface area contributed by atoms with Crippen molar-refractivity contribution in [2.45, 2.75) is 57.0 Å². The Labute approximate surface area is 105 Å². The molecular weight excluding hydrogens is 208 g/mol. The molecule has 0 aromatic carbocycles. The van der Waals surface area contributed by atoms with Crippen molar-refractivity contribution >= 4 is 0 Å². The van der Waals surface area contributed by atoms with Crippen LogP contribution in [0.25, 0.3) is 0 Å². The summed E-state index contributed by atoms with van der Waals surface area (Å²) in [5.74, 6) is 3.19. The van der Waals surface area contributed by atoms with Gasteiger partial charge in [0.25, 0.3) is 0 Å². The summed E-state index contributed by atoms with van der Waals surface area (Å²) in [6.45, 7) is 4.00. The molecule has 3 aliphatic carbocycles. The molecule has 0 aromatic heterocycles. The van der Waals surface area contributed by atoms with Gasteiger partial charge < -0.3 is 5.32 Å². The van der Waals surface area contributed by atoms with Gasteiger partial charge in [0.15, 0.2) is 0 Å². The zero-order valence-electron chi connectivity index (χ0n) is 10.9. The van der Waals surface area contributed by atoms with E-state index in [9.17, 15) is 0 Å². The van der Waals surface area contributed by atoms with E-state index < -0.39 is 0 Å². The molecule has 4 fully saturated rings. The van der Waals surface area contributed by atoms with E-state index in [-0.39, 0.29) is 0 Å². The lowest BCUT2D eigenvalue weighted by Gasteiger charge is -2.33. The van der Waals surface area contributed by atoms with Crippen LogP contribution in [0.3, 0.4) is 0 Å². The predicted octanol–water partition coefficient (Wildman–Crippen LogP) is 2.25. The highest BCUT2D eigenvalue weighted by molar-refractivity contribution is 5.00. The summed E-state index contributed by atoms with van der Waals surface area (Å²) in [4.78, 5) is 2.90. The largest absolute Gasteiger partial charge is 0.312 e. The Morgan fingerprint density at radius 1 is 0.941 bits per heavy atom. The molecule has 96 valence electrons. The monoisotopic (exact) mass is 234 g/mol. The molecule has 3 saturated carbocycles. The zero-order valence-corrected chi connectivity index (χ0v) is 10.9. The van der Waals surface area contributed by atoms with E-state index >= 15 is 0 Å². The highest BCUT2D eigenvalue weighted by atomic mass is 15.2. The van der Waals surface area contributed by atoms with Crippen molar-refractivity contribution in [3.05, 3.63) is 0 Å². The quantitative estimate of drug-likeness (QED) is 0.802. The zero-order chi connectivity index (χ0) is 11.2. The molecule has 0 aromatic rings. The number of nitrogens with one attached hydrogen (secondary N) is 1. The van der Waals surface area contributed by atoms with Crippen molar-refractivity contribution < 1.29 is 0 Å². The minimum absolute atomic E-state index is 0.831. The van der Waals surface area contributed by atoms with Crippen molar-refractivity contribution in [3.8, 4) is 0 Å². The van der Waals surface area contributed by atoms with Crippen LogP contribution in [-0.2, 0) is 0 Å². The summed E-state index contributed by atoms with van der Waals surface area (Å²) < 4.78 is 0. The molecule has 0 spiro atoms. The van der Waals surface area contributed by atoms with E-state index in [0.717, 1.165) is 29.8 Å². The second kappa shape index (κ2) is 4.24. The number of hydrogen-bond acceptors (Lipinski definition) is 2. The predicted molar refractivity (Wildman–Crippen MR) is 69.9 cm³/mol. The van der Waals surface area contributed by atoms with E-state index in [0.29, 0.717) is 0 Å². The van der Waals surface area contributed by atoms with Crippen LogP contribution in [0.5, 0.6) is 0 Å². The van der Waals surface area contributed by atoms with E-state index in [4.69, 9.17) is 0 Å². The first-order valence-electron chi connectivity index (χ1n) is 7.89. The van der Waals surface area contributed by atoms with Gasteiger partial charge in [-0.3, -0.25) is 4.90 Å². The lowest BCUT2D eigenvalue weighted by Crippen LogP contribution is -2.45. The molecule has 2 heteroatoms. The average molecular weight is 234 g/mol. The van der Waals surface area contributed by atoms with Gasteiger partial charge >= 0.3 is 0 Å². The van der Waals surface area contributed by atoms with Crippen LogP contribution in [0.4, 0.5) is 0 Å². The molecule has 1 unspecified atom stereocenters. The first kappa shape index (κ1) is 10.8. The standard InChI is InChI=1S/C15H26N2/c1-8-16-14(11-2-3-11)10-17(9-1)15(12-4-5-12)13-6-7-13/h11-16H,1-10H2. The Morgan fingerprint density at radius 3 is 2.24 bits per heavy atom. The van der Waals surface area contributed by atoms with Gasteiger partial charge in [0.05, 0.1) is 0 Å². The third-order valence-corrected chi connectivity index (χ3v) is 5.28. The Kier molecular flexibility index (Phi) is 2.69. The van der Waals surface area contributed by atoms with Gasteiger partial charge in [-0.2, -0.15) is 0 Å².